The first kappa shape index (κ1) is 14.4. The van der Waals surface area contributed by atoms with Crippen molar-refractivity contribution in [3.05, 3.63) is 59.7 Å². The van der Waals surface area contributed by atoms with Gasteiger partial charge in [0.15, 0.2) is 11.5 Å². The third kappa shape index (κ3) is 3.52. The lowest BCUT2D eigenvalue weighted by Crippen LogP contribution is -2.06. The summed E-state index contributed by atoms with van der Waals surface area (Å²) in [6.45, 7) is 2.66. The van der Waals surface area contributed by atoms with E-state index in [1.54, 1.807) is 7.11 Å². The number of rotatable bonds is 6. The zero-order valence-corrected chi connectivity index (χ0v) is 12.0. The molecule has 1 unspecified atom stereocenters. The quantitative estimate of drug-likeness (QED) is 0.876. The highest BCUT2D eigenvalue weighted by Crippen LogP contribution is 2.32. The van der Waals surface area contributed by atoms with E-state index in [1.165, 1.54) is 0 Å². The van der Waals surface area contributed by atoms with E-state index in [9.17, 15) is 0 Å². The number of nitrogens with two attached hydrogens (primary N) is 1. The van der Waals surface area contributed by atoms with E-state index in [0.29, 0.717) is 6.54 Å². The van der Waals surface area contributed by atoms with Crippen LogP contribution < -0.4 is 15.2 Å². The van der Waals surface area contributed by atoms with Crippen LogP contribution in [0.3, 0.4) is 0 Å². The first-order valence-corrected chi connectivity index (χ1v) is 6.83. The Hall–Kier alpha value is -2.00. The molecule has 2 N–H and O–H groups in total. The van der Waals surface area contributed by atoms with Crippen molar-refractivity contribution >= 4 is 0 Å². The van der Waals surface area contributed by atoms with E-state index in [2.05, 4.69) is 12.1 Å². The average Bonchev–Trinajstić information content (AvgIpc) is 2.50. The molecule has 3 heteroatoms. The fourth-order valence-corrected chi connectivity index (χ4v) is 2.11. The molecular weight excluding hydrogens is 250 g/mol. The number of methoxy groups -OCH3 is 1. The summed E-state index contributed by atoms with van der Waals surface area (Å²) in [5.74, 6) is 1.50. The SMILES string of the molecule is COc1cc(CCN)ccc1OC(C)c1ccccc1. The lowest BCUT2D eigenvalue weighted by molar-refractivity contribution is 0.216. The highest BCUT2D eigenvalue weighted by molar-refractivity contribution is 5.43. The Morgan fingerprint density at radius 3 is 2.45 bits per heavy atom. The maximum atomic E-state index is 6.00. The van der Waals surface area contributed by atoms with Crippen LogP contribution in [0.5, 0.6) is 11.5 Å². The smallest absolute Gasteiger partial charge is 0.162 e. The minimum Gasteiger partial charge on any atom is -0.493 e. The van der Waals surface area contributed by atoms with Gasteiger partial charge in [-0.25, -0.2) is 0 Å². The molecular formula is C17H21NO2. The molecule has 2 aromatic rings. The first-order valence-electron chi connectivity index (χ1n) is 6.83. The Balaban J connectivity index is 2.16. The lowest BCUT2D eigenvalue weighted by atomic mass is 10.1. The van der Waals surface area contributed by atoms with E-state index in [1.807, 2.05) is 43.3 Å². The summed E-state index contributed by atoms with van der Waals surface area (Å²) in [7, 11) is 1.65. The summed E-state index contributed by atoms with van der Waals surface area (Å²) in [6, 6.07) is 16.1. The van der Waals surface area contributed by atoms with Crippen molar-refractivity contribution in [1.29, 1.82) is 0 Å². The molecule has 1 atom stereocenters. The van der Waals surface area contributed by atoms with Gasteiger partial charge in [0.05, 0.1) is 7.11 Å². The fraction of sp³-hybridized carbons (Fsp3) is 0.294. The van der Waals surface area contributed by atoms with E-state index in [4.69, 9.17) is 15.2 Å². The Kier molecular flexibility index (Phi) is 5.02. The van der Waals surface area contributed by atoms with Crippen molar-refractivity contribution in [1.82, 2.24) is 0 Å². The van der Waals surface area contributed by atoms with Gasteiger partial charge < -0.3 is 15.2 Å². The maximum Gasteiger partial charge on any atom is 0.162 e. The summed E-state index contributed by atoms with van der Waals surface area (Å²) in [5, 5.41) is 0. The Morgan fingerprint density at radius 1 is 1.05 bits per heavy atom. The Labute approximate surface area is 120 Å². The lowest BCUT2D eigenvalue weighted by Gasteiger charge is -2.18. The molecule has 0 spiro atoms. The number of hydrogen-bond acceptors (Lipinski definition) is 3. The van der Waals surface area contributed by atoms with Crippen molar-refractivity contribution in [2.24, 2.45) is 5.73 Å². The summed E-state index contributed by atoms with van der Waals surface area (Å²) in [4.78, 5) is 0. The van der Waals surface area contributed by atoms with Crippen LogP contribution in [0.2, 0.25) is 0 Å². The molecule has 0 aliphatic rings. The highest BCUT2D eigenvalue weighted by Gasteiger charge is 2.11. The van der Waals surface area contributed by atoms with Gasteiger partial charge in [0.25, 0.3) is 0 Å². The fourth-order valence-electron chi connectivity index (χ4n) is 2.11. The zero-order chi connectivity index (χ0) is 14.4. The topological polar surface area (TPSA) is 44.5 Å². The van der Waals surface area contributed by atoms with Crippen molar-refractivity contribution in [2.45, 2.75) is 19.4 Å². The summed E-state index contributed by atoms with van der Waals surface area (Å²) < 4.78 is 11.4. The van der Waals surface area contributed by atoms with Crippen LogP contribution in [0.1, 0.15) is 24.2 Å². The Bertz CT molecular complexity index is 540. The van der Waals surface area contributed by atoms with Gasteiger partial charge in [-0.2, -0.15) is 0 Å². The third-order valence-corrected chi connectivity index (χ3v) is 3.23. The van der Waals surface area contributed by atoms with E-state index >= 15 is 0 Å². The van der Waals surface area contributed by atoms with Gasteiger partial charge in [-0.1, -0.05) is 36.4 Å². The van der Waals surface area contributed by atoms with Gasteiger partial charge in [-0.15, -0.1) is 0 Å². The molecule has 106 valence electrons. The van der Waals surface area contributed by atoms with Gasteiger partial charge in [0.1, 0.15) is 6.10 Å². The summed E-state index contributed by atoms with van der Waals surface area (Å²) >= 11 is 0. The predicted octanol–water partition coefficient (Wildman–Crippen LogP) is 3.34. The van der Waals surface area contributed by atoms with Crippen LogP contribution in [0, 0.1) is 0 Å². The average molecular weight is 271 g/mol. The number of benzene rings is 2. The molecule has 2 aromatic carbocycles. The molecule has 3 nitrogen and oxygen atoms in total. The van der Waals surface area contributed by atoms with E-state index in [-0.39, 0.29) is 6.10 Å². The van der Waals surface area contributed by atoms with Crippen molar-refractivity contribution < 1.29 is 9.47 Å². The normalized spacial score (nSPS) is 11.9. The molecule has 2 rings (SSSR count). The molecule has 0 amide bonds. The van der Waals surface area contributed by atoms with Gasteiger partial charge in [-0.3, -0.25) is 0 Å². The zero-order valence-electron chi connectivity index (χ0n) is 12.0. The molecule has 0 aromatic heterocycles. The van der Waals surface area contributed by atoms with Crippen molar-refractivity contribution in [3.8, 4) is 11.5 Å². The second-order valence-electron chi connectivity index (χ2n) is 4.69. The summed E-state index contributed by atoms with van der Waals surface area (Å²) in [6.07, 6.45) is 0.815. The molecule has 0 saturated heterocycles. The van der Waals surface area contributed by atoms with Gasteiger partial charge in [-0.05, 0) is 43.1 Å². The molecule has 0 heterocycles. The standard InChI is InChI=1S/C17H21NO2/c1-13(15-6-4-3-5-7-15)20-16-9-8-14(10-11-18)12-17(16)19-2/h3-9,12-13H,10-11,18H2,1-2H3. The first-order chi connectivity index (χ1) is 9.74. The second-order valence-corrected chi connectivity index (χ2v) is 4.69. The number of ether oxygens (including phenoxy) is 2. The van der Waals surface area contributed by atoms with Crippen LogP contribution in [0.4, 0.5) is 0 Å². The van der Waals surface area contributed by atoms with E-state index in [0.717, 1.165) is 29.0 Å². The second kappa shape index (κ2) is 6.96. The molecule has 0 fully saturated rings. The van der Waals surface area contributed by atoms with Crippen LogP contribution in [0.15, 0.2) is 48.5 Å². The Morgan fingerprint density at radius 2 is 1.80 bits per heavy atom. The van der Waals surface area contributed by atoms with Crippen molar-refractivity contribution in [3.63, 3.8) is 0 Å². The van der Waals surface area contributed by atoms with Crippen LogP contribution in [-0.4, -0.2) is 13.7 Å². The van der Waals surface area contributed by atoms with Crippen molar-refractivity contribution in [2.75, 3.05) is 13.7 Å². The predicted molar refractivity (Wildman–Crippen MR) is 81.2 cm³/mol. The molecule has 20 heavy (non-hydrogen) atoms. The van der Waals surface area contributed by atoms with Gasteiger partial charge >= 0.3 is 0 Å². The van der Waals surface area contributed by atoms with Crippen LogP contribution >= 0.6 is 0 Å². The molecule has 0 aliphatic carbocycles. The summed E-state index contributed by atoms with van der Waals surface area (Å²) in [5.41, 5.74) is 7.87. The van der Waals surface area contributed by atoms with Gasteiger partial charge in [0, 0.05) is 0 Å². The number of hydrogen-bond donors (Lipinski definition) is 1. The minimum atomic E-state index is -0.0227. The molecule has 0 saturated carbocycles. The molecule has 0 aliphatic heterocycles. The molecule has 0 bridgehead atoms. The third-order valence-electron chi connectivity index (χ3n) is 3.23. The minimum absolute atomic E-state index is 0.0227. The maximum absolute atomic E-state index is 6.00. The van der Waals surface area contributed by atoms with Crippen LogP contribution in [-0.2, 0) is 6.42 Å². The largest absolute Gasteiger partial charge is 0.493 e. The molecule has 0 radical (unpaired) electrons. The van der Waals surface area contributed by atoms with Crippen LogP contribution in [0.25, 0.3) is 0 Å². The highest BCUT2D eigenvalue weighted by atomic mass is 16.5. The van der Waals surface area contributed by atoms with E-state index < -0.39 is 0 Å². The van der Waals surface area contributed by atoms with Gasteiger partial charge in [0.2, 0.25) is 0 Å². The monoisotopic (exact) mass is 271 g/mol.